The normalized spacial score (nSPS) is 10.3. The molecular weight excluding hydrogens is 397 g/mol. The zero-order valence-electron chi connectivity index (χ0n) is 4.97. The standard InChI is InChI=1S/C6HBr2F2I/c7-4-3(11)1-2(9)6(10)5(4)8/h1H. The van der Waals surface area contributed by atoms with E-state index in [1.165, 1.54) is 0 Å². The topological polar surface area (TPSA) is 0 Å². The van der Waals surface area contributed by atoms with Crippen molar-refractivity contribution < 1.29 is 8.78 Å². The number of hydrogen-bond donors (Lipinski definition) is 0. The third kappa shape index (κ3) is 1.92. The SMILES string of the molecule is Fc1cc(I)c(Br)c(Br)c1F. The molecule has 11 heavy (non-hydrogen) atoms. The monoisotopic (exact) mass is 396 g/mol. The molecule has 1 aromatic carbocycles. The van der Waals surface area contributed by atoms with Gasteiger partial charge in [0.25, 0.3) is 0 Å². The minimum absolute atomic E-state index is 0.127. The van der Waals surface area contributed by atoms with Gasteiger partial charge in [-0.05, 0) is 60.5 Å². The van der Waals surface area contributed by atoms with Gasteiger partial charge in [0.15, 0.2) is 11.6 Å². The minimum atomic E-state index is -0.864. The van der Waals surface area contributed by atoms with E-state index in [9.17, 15) is 8.78 Å². The first-order chi connectivity index (χ1) is 5.04. The number of benzene rings is 1. The molecular formula is C6HBr2F2I. The van der Waals surface area contributed by atoms with Crippen LogP contribution in [-0.2, 0) is 0 Å². The lowest BCUT2D eigenvalue weighted by Gasteiger charge is -2.01. The van der Waals surface area contributed by atoms with Gasteiger partial charge in [-0.25, -0.2) is 8.78 Å². The van der Waals surface area contributed by atoms with Crippen molar-refractivity contribution in [3.05, 3.63) is 30.2 Å². The summed E-state index contributed by atoms with van der Waals surface area (Å²) in [5, 5.41) is 0. The van der Waals surface area contributed by atoms with Crippen LogP contribution in [0.5, 0.6) is 0 Å². The lowest BCUT2D eigenvalue weighted by Crippen LogP contribution is -1.89. The van der Waals surface area contributed by atoms with Crippen molar-refractivity contribution in [3.8, 4) is 0 Å². The van der Waals surface area contributed by atoms with E-state index in [2.05, 4.69) is 31.9 Å². The molecule has 0 atom stereocenters. The van der Waals surface area contributed by atoms with E-state index >= 15 is 0 Å². The van der Waals surface area contributed by atoms with Gasteiger partial charge in [-0.2, -0.15) is 0 Å². The minimum Gasteiger partial charge on any atom is -0.204 e. The summed E-state index contributed by atoms with van der Waals surface area (Å²) >= 11 is 7.93. The molecule has 0 aliphatic carbocycles. The third-order valence-corrected chi connectivity index (χ3v) is 4.75. The van der Waals surface area contributed by atoms with Gasteiger partial charge in [-0.3, -0.25) is 0 Å². The van der Waals surface area contributed by atoms with Crippen LogP contribution in [0.1, 0.15) is 0 Å². The molecule has 60 valence electrons. The summed E-state index contributed by atoms with van der Waals surface area (Å²) in [6, 6.07) is 1.13. The molecule has 0 amide bonds. The molecule has 0 saturated carbocycles. The van der Waals surface area contributed by atoms with Gasteiger partial charge in [0.1, 0.15) is 0 Å². The molecule has 0 aromatic heterocycles. The van der Waals surface area contributed by atoms with Crippen molar-refractivity contribution >= 4 is 54.5 Å². The zero-order chi connectivity index (χ0) is 8.59. The predicted molar refractivity (Wildman–Crippen MR) is 54.5 cm³/mol. The highest BCUT2D eigenvalue weighted by molar-refractivity contribution is 14.1. The van der Waals surface area contributed by atoms with Crippen LogP contribution in [0.15, 0.2) is 15.0 Å². The third-order valence-electron chi connectivity index (χ3n) is 1.06. The van der Waals surface area contributed by atoms with Gasteiger partial charge in [0.05, 0.1) is 4.47 Å². The summed E-state index contributed by atoms with van der Waals surface area (Å²) < 4.78 is 26.6. The van der Waals surface area contributed by atoms with Crippen molar-refractivity contribution in [1.82, 2.24) is 0 Å². The maximum atomic E-state index is 12.7. The largest absolute Gasteiger partial charge is 0.204 e. The fraction of sp³-hybridized carbons (Fsp3) is 0. The molecule has 1 rings (SSSR count). The van der Waals surface area contributed by atoms with Crippen molar-refractivity contribution in [2.24, 2.45) is 0 Å². The molecule has 0 aliphatic rings. The zero-order valence-corrected chi connectivity index (χ0v) is 10.3. The van der Waals surface area contributed by atoms with Crippen LogP contribution in [0.3, 0.4) is 0 Å². The Kier molecular flexibility index (Phi) is 3.27. The smallest absolute Gasteiger partial charge is 0.174 e. The van der Waals surface area contributed by atoms with Gasteiger partial charge in [0, 0.05) is 8.04 Å². The Morgan fingerprint density at radius 2 is 1.73 bits per heavy atom. The summed E-state index contributed by atoms with van der Waals surface area (Å²) in [5.74, 6) is -1.71. The molecule has 0 radical (unpaired) electrons. The first kappa shape index (κ1) is 9.85. The highest BCUT2D eigenvalue weighted by Crippen LogP contribution is 2.31. The van der Waals surface area contributed by atoms with E-state index in [1.807, 2.05) is 22.6 Å². The molecule has 0 saturated heterocycles. The summed E-state index contributed by atoms with van der Waals surface area (Å²) in [6.07, 6.45) is 0. The quantitative estimate of drug-likeness (QED) is 0.351. The summed E-state index contributed by atoms with van der Waals surface area (Å²) in [6.45, 7) is 0. The maximum Gasteiger partial charge on any atom is 0.174 e. The Balaban J connectivity index is 3.46. The fourth-order valence-corrected chi connectivity index (χ4v) is 2.15. The molecule has 0 fully saturated rings. The molecule has 1 aromatic rings. The van der Waals surface area contributed by atoms with Crippen LogP contribution >= 0.6 is 54.5 Å². The first-order valence-electron chi connectivity index (χ1n) is 2.52. The van der Waals surface area contributed by atoms with E-state index in [0.717, 1.165) is 6.07 Å². The maximum absolute atomic E-state index is 12.7. The van der Waals surface area contributed by atoms with Crippen LogP contribution in [0.2, 0.25) is 0 Å². The van der Waals surface area contributed by atoms with E-state index in [4.69, 9.17) is 0 Å². The molecule has 0 aliphatic heterocycles. The Hall–Kier alpha value is 0.770. The van der Waals surface area contributed by atoms with E-state index in [0.29, 0.717) is 8.04 Å². The average molecular weight is 398 g/mol. The Morgan fingerprint density at radius 3 is 2.27 bits per heavy atom. The molecule has 0 heterocycles. The number of hydrogen-bond acceptors (Lipinski definition) is 0. The number of rotatable bonds is 0. The van der Waals surface area contributed by atoms with E-state index in [1.54, 1.807) is 0 Å². The van der Waals surface area contributed by atoms with Crippen LogP contribution in [-0.4, -0.2) is 0 Å². The summed E-state index contributed by atoms with van der Waals surface area (Å²) in [4.78, 5) is 0. The average Bonchev–Trinajstić information content (AvgIpc) is 1.97. The van der Waals surface area contributed by atoms with Crippen molar-refractivity contribution in [2.45, 2.75) is 0 Å². The van der Waals surface area contributed by atoms with E-state index < -0.39 is 11.6 Å². The molecule has 0 bridgehead atoms. The second kappa shape index (κ2) is 3.66. The van der Waals surface area contributed by atoms with Gasteiger partial charge in [-0.1, -0.05) is 0 Å². The highest BCUT2D eigenvalue weighted by Gasteiger charge is 2.12. The Bertz CT molecular complexity index is 275. The lowest BCUT2D eigenvalue weighted by atomic mass is 10.3. The molecule has 0 N–H and O–H groups in total. The second-order valence-corrected chi connectivity index (χ2v) is 4.53. The highest BCUT2D eigenvalue weighted by atomic mass is 127. The Labute approximate surface area is 92.8 Å². The van der Waals surface area contributed by atoms with Gasteiger partial charge in [-0.15, -0.1) is 0 Å². The van der Waals surface area contributed by atoms with Crippen LogP contribution < -0.4 is 0 Å². The number of halogens is 5. The van der Waals surface area contributed by atoms with Gasteiger partial charge >= 0.3 is 0 Å². The molecule has 0 spiro atoms. The van der Waals surface area contributed by atoms with Crippen LogP contribution in [0, 0.1) is 15.2 Å². The summed E-state index contributed by atoms with van der Waals surface area (Å²) in [5.41, 5.74) is 0. The first-order valence-corrected chi connectivity index (χ1v) is 5.19. The van der Waals surface area contributed by atoms with Crippen molar-refractivity contribution in [3.63, 3.8) is 0 Å². The lowest BCUT2D eigenvalue weighted by molar-refractivity contribution is 0.502. The van der Waals surface area contributed by atoms with Crippen LogP contribution in [0.4, 0.5) is 8.78 Å². The molecule has 5 heteroatoms. The van der Waals surface area contributed by atoms with Crippen molar-refractivity contribution in [2.75, 3.05) is 0 Å². The van der Waals surface area contributed by atoms with Crippen molar-refractivity contribution in [1.29, 1.82) is 0 Å². The molecule has 0 unspecified atom stereocenters. The van der Waals surface area contributed by atoms with Gasteiger partial charge in [0.2, 0.25) is 0 Å². The van der Waals surface area contributed by atoms with Crippen LogP contribution in [0.25, 0.3) is 0 Å². The second-order valence-electron chi connectivity index (χ2n) is 1.78. The Morgan fingerprint density at radius 1 is 1.18 bits per heavy atom. The molecule has 0 nitrogen and oxygen atoms in total. The summed E-state index contributed by atoms with van der Waals surface area (Å²) in [7, 11) is 0. The van der Waals surface area contributed by atoms with E-state index in [-0.39, 0.29) is 4.47 Å². The van der Waals surface area contributed by atoms with Gasteiger partial charge < -0.3 is 0 Å². The fourth-order valence-electron chi connectivity index (χ4n) is 0.544. The predicted octanol–water partition coefficient (Wildman–Crippen LogP) is 4.09.